The molecule has 0 bridgehead atoms. The topological polar surface area (TPSA) is 28.7 Å². The van der Waals surface area contributed by atoms with Gasteiger partial charge in [-0.1, -0.05) is 18.2 Å². The number of hydrogen-bond donors (Lipinski definition) is 1. The van der Waals surface area contributed by atoms with Crippen molar-refractivity contribution < 1.29 is 13.2 Å². The molecule has 0 atom stereocenters. The van der Waals surface area contributed by atoms with Crippen molar-refractivity contribution in [3.8, 4) is 11.1 Å². The summed E-state index contributed by atoms with van der Waals surface area (Å²) >= 11 is 0. The smallest absolute Gasteiger partial charge is 0.285 e. The fourth-order valence-electron chi connectivity index (χ4n) is 1.38. The van der Waals surface area contributed by atoms with Crippen molar-refractivity contribution in [3.63, 3.8) is 0 Å². The first-order valence-electron chi connectivity index (χ1n) is 4.24. The lowest BCUT2D eigenvalue weighted by Gasteiger charge is -2.10. The zero-order chi connectivity index (χ0) is 10.9. The summed E-state index contributed by atoms with van der Waals surface area (Å²) in [6, 6.07) is 5.42. The molecule has 0 fully saturated rings. The summed E-state index contributed by atoms with van der Waals surface area (Å²) in [7, 11) is 0. The highest BCUT2D eigenvalue weighted by Gasteiger charge is 2.33. The number of benzene rings is 1. The summed E-state index contributed by atoms with van der Waals surface area (Å²) in [5, 5.41) is 6.12. The van der Waals surface area contributed by atoms with Crippen LogP contribution in [0.5, 0.6) is 0 Å². The second-order valence-electron chi connectivity index (χ2n) is 3.03. The molecule has 0 spiro atoms. The highest BCUT2D eigenvalue weighted by molar-refractivity contribution is 5.66. The minimum Gasteiger partial charge on any atom is -0.285 e. The number of nitrogens with zero attached hydrogens (tertiary/aromatic N) is 1. The second kappa shape index (κ2) is 3.42. The average molecular weight is 212 g/mol. The van der Waals surface area contributed by atoms with Crippen LogP contribution in [0.3, 0.4) is 0 Å². The van der Waals surface area contributed by atoms with E-state index in [4.69, 9.17) is 0 Å². The SMILES string of the molecule is FC(F)(F)c1ccccc1-c1cn[nH]c1. The first kappa shape index (κ1) is 9.76. The summed E-state index contributed by atoms with van der Waals surface area (Å²) in [5.74, 6) is 0. The van der Waals surface area contributed by atoms with Gasteiger partial charge in [0.15, 0.2) is 0 Å². The van der Waals surface area contributed by atoms with Crippen molar-refractivity contribution >= 4 is 0 Å². The van der Waals surface area contributed by atoms with Crippen LogP contribution in [-0.2, 0) is 6.18 Å². The number of aromatic nitrogens is 2. The normalized spacial score (nSPS) is 11.7. The highest BCUT2D eigenvalue weighted by Crippen LogP contribution is 2.36. The standard InChI is InChI=1S/C10H7F3N2/c11-10(12,13)9-4-2-1-3-8(9)7-5-14-15-6-7/h1-6H,(H,14,15). The molecule has 0 aliphatic carbocycles. The van der Waals surface area contributed by atoms with Gasteiger partial charge in [-0.15, -0.1) is 0 Å². The monoisotopic (exact) mass is 212 g/mol. The molecule has 0 aliphatic rings. The maximum atomic E-state index is 12.6. The fourth-order valence-corrected chi connectivity index (χ4v) is 1.38. The van der Waals surface area contributed by atoms with Gasteiger partial charge in [0.25, 0.3) is 0 Å². The van der Waals surface area contributed by atoms with E-state index in [0.717, 1.165) is 6.07 Å². The lowest BCUT2D eigenvalue weighted by molar-refractivity contribution is -0.137. The molecular weight excluding hydrogens is 205 g/mol. The summed E-state index contributed by atoms with van der Waals surface area (Å²) in [4.78, 5) is 0. The number of nitrogens with one attached hydrogen (secondary N) is 1. The van der Waals surface area contributed by atoms with Crippen LogP contribution in [-0.4, -0.2) is 10.2 Å². The molecule has 2 aromatic rings. The van der Waals surface area contributed by atoms with Crippen molar-refractivity contribution in [2.75, 3.05) is 0 Å². The molecule has 1 N–H and O–H groups in total. The third-order valence-corrected chi connectivity index (χ3v) is 2.04. The van der Waals surface area contributed by atoms with Gasteiger partial charge in [0.1, 0.15) is 0 Å². The van der Waals surface area contributed by atoms with Crippen LogP contribution in [0.25, 0.3) is 11.1 Å². The molecule has 0 saturated carbocycles. The molecule has 1 heterocycles. The molecule has 15 heavy (non-hydrogen) atoms. The minimum absolute atomic E-state index is 0.138. The molecule has 2 rings (SSSR count). The molecule has 1 aromatic heterocycles. The van der Waals surface area contributed by atoms with E-state index in [1.165, 1.54) is 24.5 Å². The Bertz CT molecular complexity index is 446. The third kappa shape index (κ3) is 1.86. The maximum Gasteiger partial charge on any atom is 0.417 e. The Labute approximate surface area is 83.7 Å². The number of hydrogen-bond acceptors (Lipinski definition) is 1. The van der Waals surface area contributed by atoms with E-state index in [0.29, 0.717) is 5.56 Å². The van der Waals surface area contributed by atoms with E-state index in [2.05, 4.69) is 10.2 Å². The number of halogens is 3. The number of aromatic amines is 1. The van der Waals surface area contributed by atoms with Gasteiger partial charge in [0.2, 0.25) is 0 Å². The number of alkyl halides is 3. The minimum atomic E-state index is -4.34. The molecular formula is C10H7F3N2. The summed E-state index contributed by atoms with van der Waals surface area (Å²) in [6.07, 6.45) is -1.54. The second-order valence-corrected chi connectivity index (χ2v) is 3.03. The Morgan fingerprint density at radius 1 is 1.13 bits per heavy atom. The lowest BCUT2D eigenvalue weighted by Crippen LogP contribution is -2.06. The lowest BCUT2D eigenvalue weighted by atomic mass is 10.0. The van der Waals surface area contributed by atoms with Crippen LogP contribution in [0, 0.1) is 0 Å². The Balaban J connectivity index is 2.58. The van der Waals surface area contributed by atoms with E-state index in [9.17, 15) is 13.2 Å². The van der Waals surface area contributed by atoms with Crippen molar-refractivity contribution in [2.45, 2.75) is 6.18 Å². The molecule has 2 nitrogen and oxygen atoms in total. The van der Waals surface area contributed by atoms with Gasteiger partial charge in [-0.2, -0.15) is 18.3 Å². The summed E-state index contributed by atoms with van der Waals surface area (Å²) < 4.78 is 37.8. The van der Waals surface area contributed by atoms with Crippen molar-refractivity contribution in [1.82, 2.24) is 10.2 Å². The van der Waals surface area contributed by atoms with Crippen LogP contribution in [0.1, 0.15) is 5.56 Å². The van der Waals surface area contributed by atoms with E-state index < -0.39 is 11.7 Å². The van der Waals surface area contributed by atoms with E-state index in [1.54, 1.807) is 6.07 Å². The van der Waals surface area contributed by atoms with Gasteiger partial charge >= 0.3 is 6.18 Å². The van der Waals surface area contributed by atoms with Gasteiger partial charge in [0.05, 0.1) is 11.8 Å². The van der Waals surface area contributed by atoms with Crippen LogP contribution in [0.2, 0.25) is 0 Å². The molecule has 78 valence electrons. The molecule has 0 unspecified atom stereocenters. The molecule has 1 aromatic carbocycles. The maximum absolute atomic E-state index is 12.6. The van der Waals surface area contributed by atoms with Gasteiger partial charge in [-0.25, -0.2) is 0 Å². The Morgan fingerprint density at radius 2 is 1.87 bits per heavy atom. The first-order chi connectivity index (χ1) is 7.09. The predicted molar refractivity (Wildman–Crippen MR) is 49.0 cm³/mol. The zero-order valence-electron chi connectivity index (χ0n) is 7.55. The van der Waals surface area contributed by atoms with Gasteiger partial charge in [-0.3, -0.25) is 5.10 Å². The zero-order valence-corrected chi connectivity index (χ0v) is 7.55. The van der Waals surface area contributed by atoms with Crippen molar-refractivity contribution in [1.29, 1.82) is 0 Å². The highest BCUT2D eigenvalue weighted by atomic mass is 19.4. The van der Waals surface area contributed by atoms with Gasteiger partial charge in [0, 0.05) is 11.8 Å². The molecule has 0 aliphatic heterocycles. The van der Waals surface area contributed by atoms with Gasteiger partial charge < -0.3 is 0 Å². The van der Waals surface area contributed by atoms with Crippen LogP contribution in [0.15, 0.2) is 36.7 Å². The molecule has 5 heteroatoms. The summed E-state index contributed by atoms with van der Waals surface area (Å²) in [5.41, 5.74) is -0.0759. The predicted octanol–water partition coefficient (Wildman–Crippen LogP) is 3.10. The van der Waals surface area contributed by atoms with Crippen molar-refractivity contribution in [2.24, 2.45) is 0 Å². The Hall–Kier alpha value is -1.78. The Kier molecular flexibility index (Phi) is 2.22. The Morgan fingerprint density at radius 3 is 2.47 bits per heavy atom. The van der Waals surface area contributed by atoms with Crippen LogP contribution < -0.4 is 0 Å². The molecule has 0 amide bonds. The fraction of sp³-hybridized carbons (Fsp3) is 0.100. The molecule has 0 radical (unpaired) electrons. The quantitative estimate of drug-likeness (QED) is 0.773. The van der Waals surface area contributed by atoms with Crippen LogP contribution >= 0.6 is 0 Å². The van der Waals surface area contributed by atoms with E-state index in [-0.39, 0.29) is 5.56 Å². The van der Waals surface area contributed by atoms with Crippen LogP contribution in [0.4, 0.5) is 13.2 Å². The van der Waals surface area contributed by atoms with Gasteiger partial charge in [-0.05, 0) is 11.6 Å². The third-order valence-electron chi connectivity index (χ3n) is 2.04. The number of H-pyrrole nitrogens is 1. The van der Waals surface area contributed by atoms with E-state index in [1.807, 2.05) is 0 Å². The first-order valence-corrected chi connectivity index (χ1v) is 4.24. The number of rotatable bonds is 1. The summed E-state index contributed by atoms with van der Waals surface area (Å²) in [6.45, 7) is 0. The molecule has 0 saturated heterocycles. The largest absolute Gasteiger partial charge is 0.417 e. The average Bonchev–Trinajstić information content (AvgIpc) is 2.69. The van der Waals surface area contributed by atoms with E-state index >= 15 is 0 Å². The van der Waals surface area contributed by atoms with Crippen molar-refractivity contribution in [3.05, 3.63) is 42.2 Å².